The summed E-state index contributed by atoms with van der Waals surface area (Å²) >= 11 is 0. The summed E-state index contributed by atoms with van der Waals surface area (Å²) in [6, 6.07) is 13.0. The number of sulfonamides is 1. The molecule has 152 valence electrons. The fourth-order valence-electron chi connectivity index (χ4n) is 3.90. The number of nitrogens with one attached hydrogen (secondary N) is 1. The Morgan fingerprint density at radius 2 is 1.79 bits per heavy atom. The first-order chi connectivity index (χ1) is 13.9. The zero-order valence-electron chi connectivity index (χ0n) is 16.2. The molecule has 2 aliphatic heterocycles. The standard InChI is InChI=1S/C21H23N3O4S/c1-15-6-4-5-13-24(15)29(27,28)17-11-9-16(10-12-17)21(26)23-14-20(25)22-18-7-2-3-8-19(18)23/h2-3,7-12,15H,4-6,13-14H2,1H3,(H,22,25). The molecule has 0 aliphatic carbocycles. The number of piperidine rings is 1. The van der Waals surface area contributed by atoms with E-state index in [9.17, 15) is 18.0 Å². The van der Waals surface area contributed by atoms with Crippen LogP contribution in [0, 0.1) is 0 Å². The van der Waals surface area contributed by atoms with Crippen LogP contribution in [0.1, 0.15) is 36.5 Å². The van der Waals surface area contributed by atoms with Gasteiger partial charge in [0.25, 0.3) is 5.91 Å². The largest absolute Gasteiger partial charge is 0.323 e. The van der Waals surface area contributed by atoms with Gasteiger partial charge in [-0.1, -0.05) is 18.6 Å². The van der Waals surface area contributed by atoms with E-state index < -0.39 is 10.0 Å². The van der Waals surface area contributed by atoms with E-state index in [1.807, 2.05) is 6.92 Å². The van der Waals surface area contributed by atoms with Gasteiger partial charge in [0.15, 0.2) is 0 Å². The maximum Gasteiger partial charge on any atom is 0.258 e. The second-order valence-corrected chi connectivity index (χ2v) is 9.33. The van der Waals surface area contributed by atoms with Gasteiger partial charge in [-0.05, 0) is 56.2 Å². The molecule has 4 rings (SSSR count). The number of rotatable bonds is 3. The van der Waals surface area contributed by atoms with Gasteiger partial charge in [-0.25, -0.2) is 8.42 Å². The third-order valence-electron chi connectivity index (χ3n) is 5.47. The zero-order chi connectivity index (χ0) is 20.6. The lowest BCUT2D eigenvalue weighted by Crippen LogP contribution is -2.42. The van der Waals surface area contributed by atoms with Crippen LogP contribution in [0.2, 0.25) is 0 Å². The van der Waals surface area contributed by atoms with Crippen molar-refractivity contribution in [1.82, 2.24) is 4.31 Å². The Bertz CT molecular complexity index is 1050. The van der Waals surface area contributed by atoms with E-state index in [1.165, 1.54) is 29.2 Å². The van der Waals surface area contributed by atoms with Crippen molar-refractivity contribution >= 4 is 33.2 Å². The van der Waals surface area contributed by atoms with Crippen molar-refractivity contribution in [3.8, 4) is 0 Å². The number of carbonyl (C=O) groups excluding carboxylic acids is 2. The molecule has 2 heterocycles. The molecule has 1 atom stereocenters. The second kappa shape index (κ2) is 7.61. The van der Waals surface area contributed by atoms with Crippen LogP contribution in [0.15, 0.2) is 53.4 Å². The first-order valence-electron chi connectivity index (χ1n) is 9.70. The van der Waals surface area contributed by atoms with Crippen LogP contribution in [0.5, 0.6) is 0 Å². The van der Waals surface area contributed by atoms with E-state index in [-0.39, 0.29) is 29.3 Å². The van der Waals surface area contributed by atoms with Crippen LogP contribution >= 0.6 is 0 Å². The highest BCUT2D eigenvalue weighted by molar-refractivity contribution is 7.89. The Morgan fingerprint density at radius 1 is 1.07 bits per heavy atom. The third-order valence-corrected chi connectivity index (χ3v) is 7.49. The fourth-order valence-corrected chi connectivity index (χ4v) is 5.60. The molecule has 1 saturated heterocycles. The Kier molecular flexibility index (Phi) is 5.14. The molecule has 8 heteroatoms. The maximum atomic E-state index is 13.0. The number of para-hydroxylation sites is 2. The zero-order valence-corrected chi connectivity index (χ0v) is 17.0. The Hall–Kier alpha value is -2.71. The van der Waals surface area contributed by atoms with Gasteiger partial charge in [-0.3, -0.25) is 14.5 Å². The molecule has 0 aromatic heterocycles. The number of amides is 2. The SMILES string of the molecule is CC1CCCCN1S(=O)(=O)c1ccc(C(=O)N2CC(=O)Nc3ccccc32)cc1. The Labute approximate surface area is 170 Å². The average molecular weight is 413 g/mol. The minimum absolute atomic E-state index is 0.0292. The van der Waals surface area contributed by atoms with Crippen molar-refractivity contribution in [2.45, 2.75) is 37.1 Å². The Balaban J connectivity index is 1.60. The van der Waals surface area contributed by atoms with Crippen LogP contribution in [-0.2, 0) is 14.8 Å². The number of anilines is 2. The van der Waals surface area contributed by atoms with Gasteiger partial charge in [0.1, 0.15) is 6.54 Å². The molecule has 1 fully saturated rings. The summed E-state index contributed by atoms with van der Waals surface area (Å²) in [6.45, 7) is 2.36. The molecule has 0 saturated carbocycles. The summed E-state index contributed by atoms with van der Waals surface area (Å²) in [6.07, 6.45) is 2.74. The molecular formula is C21H23N3O4S. The van der Waals surface area contributed by atoms with Gasteiger partial charge in [-0.15, -0.1) is 0 Å². The van der Waals surface area contributed by atoms with Crippen LogP contribution < -0.4 is 10.2 Å². The monoisotopic (exact) mass is 413 g/mol. The molecule has 7 nitrogen and oxygen atoms in total. The van der Waals surface area contributed by atoms with Crippen molar-refractivity contribution in [1.29, 1.82) is 0 Å². The minimum atomic E-state index is -3.59. The van der Waals surface area contributed by atoms with E-state index in [4.69, 9.17) is 0 Å². The summed E-state index contributed by atoms with van der Waals surface area (Å²) in [4.78, 5) is 26.6. The molecular weight excluding hydrogens is 390 g/mol. The first-order valence-corrected chi connectivity index (χ1v) is 11.1. The molecule has 2 aliphatic rings. The minimum Gasteiger partial charge on any atom is -0.323 e. The third kappa shape index (κ3) is 3.65. The van der Waals surface area contributed by atoms with Crippen LogP contribution in [0.3, 0.4) is 0 Å². The molecule has 0 spiro atoms. The normalized spacial score (nSPS) is 20.1. The number of benzene rings is 2. The predicted octanol–water partition coefficient (Wildman–Crippen LogP) is 2.85. The summed E-state index contributed by atoms with van der Waals surface area (Å²) < 4.78 is 27.5. The highest BCUT2D eigenvalue weighted by Gasteiger charge is 2.32. The van der Waals surface area contributed by atoms with Crippen LogP contribution in [0.4, 0.5) is 11.4 Å². The number of nitrogens with zero attached hydrogens (tertiary/aromatic N) is 2. The van der Waals surface area contributed by atoms with Crippen molar-refractivity contribution in [3.05, 3.63) is 54.1 Å². The van der Waals surface area contributed by atoms with Gasteiger partial charge < -0.3 is 5.32 Å². The molecule has 2 amide bonds. The molecule has 2 aromatic rings. The smallest absolute Gasteiger partial charge is 0.258 e. The summed E-state index contributed by atoms with van der Waals surface area (Å²) in [7, 11) is -3.59. The first kappa shape index (κ1) is 19.6. The number of hydrogen-bond donors (Lipinski definition) is 1. The number of hydrogen-bond acceptors (Lipinski definition) is 4. The van der Waals surface area contributed by atoms with Gasteiger partial charge >= 0.3 is 0 Å². The average Bonchev–Trinajstić information content (AvgIpc) is 2.73. The van der Waals surface area contributed by atoms with Crippen molar-refractivity contribution in [3.63, 3.8) is 0 Å². The molecule has 0 bridgehead atoms. The highest BCUT2D eigenvalue weighted by Crippen LogP contribution is 2.30. The highest BCUT2D eigenvalue weighted by atomic mass is 32.2. The lowest BCUT2D eigenvalue weighted by Gasteiger charge is -2.32. The molecule has 0 radical (unpaired) electrons. The molecule has 1 N–H and O–H groups in total. The Morgan fingerprint density at radius 3 is 2.52 bits per heavy atom. The van der Waals surface area contributed by atoms with Crippen molar-refractivity contribution in [2.75, 3.05) is 23.3 Å². The van der Waals surface area contributed by atoms with Gasteiger partial charge in [0.2, 0.25) is 15.9 Å². The summed E-state index contributed by atoms with van der Waals surface area (Å²) in [5.41, 5.74) is 1.53. The quantitative estimate of drug-likeness (QED) is 0.838. The summed E-state index contributed by atoms with van der Waals surface area (Å²) in [5, 5.41) is 2.75. The van der Waals surface area contributed by atoms with Crippen molar-refractivity contribution < 1.29 is 18.0 Å². The maximum absolute atomic E-state index is 13.0. The van der Waals surface area contributed by atoms with E-state index >= 15 is 0 Å². The van der Waals surface area contributed by atoms with Gasteiger partial charge in [-0.2, -0.15) is 4.31 Å². The van der Waals surface area contributed by atoms with Gasteiger partial charge in [0.05, 0.1) is 16.3 Å². The van der Waals surface area contributed by atoms with Gasteiger partial charge in [0, 0.05) is 18.2 Å². The fraction of sp³-hybridized carbons (Fsp3) is 0.333. The van der Waals surface area contributed by atoms with E-state index in [0.717, 1.165) is 19.3 Å². The van der Waals surface area contributed by atoms with Crippen LogP contribution in [0.25, 0.3) is 0 Å². The van der Waals surface area contributed by atoms with E-state index in [1.54, 1.807) is 28.6 Å². The number of carbonyl (C=O) groups is 2. The van der Waals surface area contributed by atoms with Crippen LogP contribution in [-0.4, -0.2) is 43.7 Å². The molecule has 2 aromatic carbocycles. The number of fused-ring (bicyclic) bond motifs is 1. The molecule has 1 unspecified atom stereocenters. The lowest BCUT2D eigenvalue weighted by atomic mass is 10.1. The molecule has 29 heavy (non-hydrogen) atoms. The lowest BCUT2D eigenvalue weighted by molar-refractivity contribution is -0.115. The second-order valence-electron chi connectivity index (χ2n) is 7.44. The van der Waals surface area contributed by atoms with E-state index in [2.05, 4.69) is 5.32 Å². The topological polar surface area (TPSA) is 86.8 Å². The van der Waals surface area contributed by atoms with Crippen molar-refractivity contribution in [2.24, 2.45) is 0 Å². The van der Waals surface area contributed by atoms with E-state index in [0.29, 0.717) is 23.5 Å². The summed E-state index contributed by atoms with van der Waals surface area (Å²) in [5.74, 6) is -0.613. The predicted molar refractivity (Wildman–Crippen MR) is 110 cm³/mol.